The van der Waals surface area contributed by atoms with E-state index in [9.17, 15) is 5.11 Å². The molecule has 0 fully saturated rings. The van der Waals surface area contributed by atoms with Crippen LogP contribution in [-0.2, 0) is 12.3 Å². The third-order valence-corrected chi connectivity index (χ3v) is 4.17. The van der Waals surface area contributed by atoms with E-state index in [4.69, 9.17) is 4.74 Å². The highest BCUT2D eigenvalue weighted by Crippen LogP contribution is 2.34. The van der Waals surface area contributed by atoms with E-state index in [-0.39, 0.29) is 17.0 Å². The van der Waals surface area contributed by atoms with Crippen molar-refractivity contribution in [1.29, 1.82) is 0 Å². The maximum absolute atomic E-state index is 11.4. The molecule has 1 aliphatic rings. The highest BCUT2D eigenvalue weighted by molar-refractivity contribution is 5.40. The molecule has 0 bridgehead atoms. The van der Waals surface area contributed by atoms with E-state index >= 15 is 0 Å². The first-order chi connectivity index (χ1) is 10.7. The van der Waals surface area contributed by atoms with E-state index in [1.54, 1.807) is 13.3 Å². The van der Waals surface area contributed by atoms with Gasteiger partial charge in [-0.05, 0) is 30.7 Å². The smallest absolute Gasteiger partial charge is 0.396 e. The van der Waals surface area contributed by atoms with Crippen molar-refractivity contribution in [3.63, 3.8) is 0 Å². The predicted octanol–water partition coefficient (Wildman–Crippen LogP) is -1.15. The van der Waals surface area contributed by atoms with Gasteiger partial charge < -0.3 is 26.8 Å². The number of benzene rings is 1. The number of anilines is 1. The van der Waals surface area contributed by atoms with Crippen molar-refractivity contribution >= 4 is 5.95 Å². The molecule has 2 heterocycles. The van der Waals surface area contributed by atoms with Crippen LogP contribution in [0.15, 0.2) is 42.7 Å². The fourth-order valence-corrected chi connectivity index (χ4v) is 2.94. The Balaban J connectivity index is 0.00000192. The Morgan fingerprint density at radius 2 is 2.09 bits per heavy atom. The number of aromatic nitrogens is 2. The van der Waals surface area contributed by atoms with Crippen LogP contribution in [0.5, 0.6) is 5.75 Å². The van der Waals surface area contributed by atoms with Crippen LogP contribution in [0.4, 0.5) is 5.95 Å². The van der Waals surface area contributed by atoms with Gasteiger partial charge in [-0.2, -0.15) is 0 Å². The second kappa shape index (κ2) is 7.27. The van der Waals surface area contributed by atoms with E-state index in [0.717, 1.165) is 36.6 Å². The van der Waals surface area contributed by atoms with Crippen LogP contribution >= 0.6 is 0 Å². The van der Waals surface area contributed by atoms with Gasteiger partial charge in [0.2, 0.25) is 5.72 Å². The summed E-state index contributed by atoms with van der Waals surface area (Å²) >= 11 is 0. The van der Waals surface area contributed by atoms with Gasteiger partial charge in [0.05, 0.1) is 19.9 Å². The molecule has 0 radical (unpaired) electrons. The Hall–Kier alpha value is -1.66. The lowest BCUT2D eigenvalue weighted by molar-refractivity contribution is -0.685. The summed E-state index contributed by atoms with van der Waals surface area (Å²) in [5.74, 6) is 1.60. The van der Waals surface area contributed by atoms with Gasteiger partial charge in [-0.25, -0.2) is 9.47 Å². The van der Waals surface area contributed by atoms with E-state index < -0.39 is 5.72 Å². The average Bonchev–Trinajstić information content (AvgIpc) is 2.85. The molecule has 124 valence electrons. The second-order valence-electron chi connectivity index (χ2n) is 5.60. The van der Waals surface area contributed by atoms with E-state index in [1.165, 1.54) is 0 Å². The van der Waals surface area contributed by atoms with Crippen LogP contribution in [0.1, 0.15) is 25.3 Å². The highest BCUT2D eigenvalue weighted by Gasteiger charge is 2.50. The first-order valence-corrected chi connectivity index (χ1v) is 7.68. The Labute approximate surface area is 147 Å². The molecule has 6 heteroatoms. The first kappa shape index (κ1) is 17.7. The molecular weight excluding hydrogens is 358 g/mol. The van der Waals surface area contributed by atoms with Crippen LogP contribution in [0.3, 0.4) is 0 Å². The molecule has 1 aliphatic heterocycles. The SMILES string of the molecule is CCCCN1c2nccc[n+]2CC1(O)c1ccc(OC)cc1.[Br-]. The summed E-state index contributed by atoms with van der Waals surface area (Å²) in [7, 11) is 1.64. The number of halogens is 1. The fourth-order valence-electron chi connectivity index (χ4n) is 2.94. The molecule has 1 aromatic carbocycles. The maximum atomic E-state index is 11.4. The summed E-state index contributed by atoms with van der Waals surface area (Å²) in [6, 6.07) is 9.49. The van der Waals surface area contributed by atoms with Crippen LogP contribution in [-0.4, -0.2) is 23.7 Å². The van der Waals surface area contributed by atoms with Crippen LogP contribution < -0.4 is 31.2 Å². The summed E-state index contributed by atoms with van der Waals surface area (Å²) in [4.78, 5) is 6.45. The number of methoxy groups -OCH3 is 1. The van der Waals surface area contributed by atoms with Gasteiger partial charge in [-0.1, -0.05) is 18.3 Å². The Bertz CT molecular complexity index is 651. The molecule has 0 aliphatic carbocycles. The number of ether oxygens (including phenoxy) is 1. The standard InChI is InChI=1S/C17H22N3O2.BrH/c1-3-4-12-20-16-18-10-5-11-19(16)13-17(20,21)14-6-8-15(22-2)9-7-14;/h5-11,21H,3-4,12-13H2,1-2H3;1H/q+1;/p-1. The lowest BCUT2D eigenvalue weighted by Gasteiger charge is -2.28. The normalized spacial score (nSPS) is 19.2. The van der Waals surface area contributed by atoms with E-state index in [0.29, 0.717) is 6.54 Å². The molecule has 5 nitrogen and oxygen atoms in total. The quantitative estimate of drug-likeness (QED) is 0.666. The predicted molar refractivity (Wildman–Crippen MR) is 83.6 cm³/mol. The van der Waals surface area contributed by atoms with Crippen molar-refractivity contribution in [2.24, 2.45) is 0 Å². The van der Waals surface area contributed by atoms with Crippen molar-refractivity contribution in [3.05, 3.63) is 48.3 Å². The van der Waals surface area contributed by atoms with Crippen LogP contribution in [0.25, 0.3) is 0 Å². The zero-order chi connectivity index (χ0) is 15.6. The zero-order valence-electron chi connectivity index (χ0n) is 13.4. The number of aliphatic hydroxyl groups is 1. The maximum Gasteiger partial charge on any atom is 0.396 e. The van der Waals surface area contributed by atoms with Crippen molar-refractivity contribution in [2.75, 3.05) is 18.6 Å². The van der Waals surface area contributed by atoms with E-state index in [2.05, 4.69) is 11.9 Å². The molecular formula is C17H22BrN3O2. The van der Waals surface area contributed by atoms with Gasteiger partial charge in [0.25, 0.3) is 0 Å². The van der Waals surface area contributed by atoms with Crippen molar-refractivity contribution in [2.45, 2.75) is 32.0 Å². The molecule has 0 spiro atoms. The zero-order valence-corrected chi connectivity index (χ0v) is 15.0. The minimum absolute atomic E-state index is 0. The summed E-state index contributed by atoms with van der Waals surface area (Å²) in [6.45, 7) is 3.40. The summed E-state index contributed by atoms with van der Waals surface area (Å²) in [5, 5.41) is 11.4. The molecule has 1 N–H and O–H groups in total. The number of hydrogen-bond acceptors (Lipinski definition) is 4. The molecule has 2 aromatic rings. The molecule has 0 saturated carbocycles. The Morgan fingerprint density at radius 3 is 2.74 bits per heavy atom. The molecule has 1 unspecified atom stereocenters. The minimum atomic E-state index is -1.07. The number of nitrogens with zero attached hydrogens (tertiary/aromatic N) is 3. The monoisotopic (exact) mass is 379 g/mol. The number of hydrogen-bond donors (Lipinski definition) is 1. The summed E-state index contributed by atoms with van der Waals surface area (Å²) < 4.78 is 7.21. The van der Waals surface area contributed by atoms with Gasteiger partial charge in [-0.15, -0.1) is 0 Å². The van der Waals surface area contributed by atoms with Crippen LogP contribution in [0.2, 0.25) is 0 Å². The highest BCUT2D eigenvalue weighted by atomic mass is 79.9. The third-order valence-electron chi connectivity index (χ3n) is 4.17. The summed E-state index contributed by atoms with van der Waals surface area (Å²) in [5.41, 5.74) is -0.210. The van der Waals surface area contributed by atoms with Gasteiger partial charge in [0.1, 0.15) is 18.5 Å². The minimum Gasteiger partial charge on any atom is -1.00 e. The molecule has 0 amide bonds. The van der Waals surface area contributed by atoms with E-state index in [1.807, 2.05) is 46.0 Å². The molecule has 1 aromatic heterocycles. The van der Waals surface area contributed by atoms with Crippen molar-refractivity contribution < 1.29 is 31.4 Å². The van der Waals surface area contributed by atoms with Crippen LogP contribution in [0, 0.1) is 0 Å². The second-order valence-corrected chi connectivity index (χ2v) is 5.60. The number of rotatable bonds is 5. The van der Waals surface area contributed by atoms with Gasteiger partial charge in [-0.3, -0.25) is 0 Å². The largest absolute Gasteiger partial charge is 1.00 e. The Kier molecular flexibility index (Phi) is 5.59. The first-order valence-electron chi connectivity index (χ1n) is 7.68. The molecule has 23 heavy (non-hydrogen) atoms. The average molecular weight is 380 g/mol. The van der Waals surface area contributed by atoms with Gasteiger partial charge in [0.15, 0.2) is 0 Å². The number of fused-ring (bicyclic) bond motifs is 1. The fraction of sp³-hybridized carbons (Fsp3) is 0.412. The lowest BCUT2D eigenvalue weighted by Crippen LogP contribution is -3.00. The van der Waals surface area contributed by atoms with Crippen molar-refractivity contribution in [1.82, 2.24) is 4.98 Å². The molecule has 0 saturated heterocycles. The lowest BCUT2D eigenvalue weighted by atomic mass is 10.0. The molecule has 3 rings (SSSR count). The number of unbranched alkanes of at least 4 members (excludes halogenated alkanes) is 1. The van der Waals surface area contributed by atoms with Gasteiger partial charge >= 0.3 is 5.95 Å². The van der Waals surface area contributed by atoms with Crippen molar-refractivity contribution in [3.8, 4) is 5.75 Å². The summed E-state index contributed by atoms with van der Waals surface area (Å²) in [6.07, 6.45) is 5.81. The Morgan fingerprint density at radius 1 is 1.35 bits per heavy atom. The molecule has 1 atom stereocenters. The van der Waals surface area contributed by atoms with Gasteiger partial charge in [0, 0.05) is 11.6 Å². The third kappa shape index (κ3) is 3.19. The topological polar surface area (TPSA) is 49.5 Å².